The zero-order valence-electron chi connectivity index (χ0n) is 7.43. The van der Waals surface area contributed by atoms with Gasteiger partial charge in [0.2, 0.25) is 0 Å². The fourth-order valence-electron chi connectivity index (χ4n) is 2.72. The molecular formula is C9H18ClNO. The average molecular weight is 192 g/mol. The van der Waals surface area contributed by atoms with Gasteiger partial charge in [-0.05, 0) is 37.5 Å². The maximum atomic E-state index is 8.65. The number of hydrogen-bond donors (Lipinski definition) is 2. The van der Waals surface area contributed by atoms with Gasteiger partial charge < -0.3 is 11.3 Å². The van der Waals surface area contributed by atoms with E-state index in [4.69, 9.17) is 16.7 Å². The number of fused-ring (bicyclic) bond motifs is 1. The van der Waals surface area contributed by atoms with Gasteiger partial charge in [-0.25, -0.2) is 0 Å². The Bertz CT molecular complexity index is 165. The highest BCUT2D eigenvalue weighted by atomic mass is 35.5. The summed E-state index contributed by atoms with van der Waals surface area (Å²) in [5.41, 5.74) is 0. The molecule has 2 nitrogen and oxygen atoms in total. The van der Waals surface area contributed by atoms with Gasteiger partial charge in [-0.3, -0.25) is 0 Å². The van der Waals surface area contributed by atoms with E-state index in [1.807, 2.05) is 0 Å². The molecule has 0 spiro atoms. The Morgan fingerprint density at radius 3 is 2.75 bits per heavy atom. The minimum atomic E-state index is 0. The summed E-state index contributed by atoms with van der Waals surface area (Å²) >= 11 is 6.36. The van der Waals surface area contributed by atoms with Crippen molar-refractivity contribution < 1.29 is 5.11 Å². The molecule has 2 aliphatic rings. The zero-order valence-corrected chi connectivity index (χ0v) is 8.19. The van der Waals surface area contributed by atoms with Crippen LogP contribution in [0.1, 0.15) is 32.1 Å². The Hall–Kier alpha value is 0.210. The molecule has 0 saturated heterocycles. The lowest BCUT2D eigenvalue weighted by molar-refractivity contribution is 0.278. The molecule has 0 bridgehead atoms. The lowest BCUT2D eigenvalue weighted by Crippen LogP contribution is -2.00. The third-order valence-electron chi connectivity index (χ3n) is 3.36. The molecule has 0 aromatic rings. The van der Waals surface area contributed by atoms with Crippen molar-refractivity contribution in [2.45, 2.75) is 37.0 Å². The molecule has 4 N–H and O–H groups in total. The molecule has 0 radical (unpaired) electrons. The molecule has 3 heteroatoms. The van der Waals surface area contributed by atoms with E-state index in [9.17, 15) is 0 Å². The van der Waals surface area contributed by atoms with Crippen molar-refractivity contribution in [2.24, 2.45) is 11.8 Å². The SMILES string of the molecule is N.OCCCC1C2CCCC12Cl. The molecule has 12 heavy (non-hydrogen) atoms. The van der Waals surface area contributed by atoms with Gasteiger partial charge in [0, 0.05) is 6.61 Å². The van der Waals surface area contributed by atoms with Gasteiger partial charge in [0.15, 0.2) is 0 Å². The van der Waals surface area contributed by atoms with E-state index in [0.29, 0.717) is 6.61 Å². The number of aliphatic hydroxyl groups is 1. The number of hydrogen-bond acceptors (Lipinski definition) is 2. The van der Waals surface area contributed by atoms with E-state index in [-0.39, 0.29) is 11.0 Å². The van der Waals surface area contributed by atoms with E-state index in [2.05, 4.69) is 0 Å². The van der Waals surface area contributed by atoms with Crippen LogP contribution >= 0.6 is 11.6 Å². The van der Waals surface area contributed by atoms with Crippen molar-refractivity contribution in [1.82, 2.24) is 6.15 Å². The van der Waals surface area contributed by atoms with Crippen LogP contribution in [0.15, 0.2) is 0 Å². The Morgan fingerprint density at radius 1 is 1.50 bits per heavy atom. The lowest BCUT2D eigenvalue weighted by Gasteiger charge is -2.04. The summed E-state index contributed by atoms with van der Waals surface area (Å²) in [7, 11) is 0. The Balaban J connectivity index is 0.000000720. The largest absolute Gasteiger partial charge is 0.396 e. The van der Waals surface area contributed by atoms with Crippen molar-refractivity contribution in [3.05, 3.63) is 0 Å². The van der Waals surface area contributed by atoms with Gasteiger partial charge >= 0.3 is 0 Å². The molecule has 2 aliphatic carbocycles. The minimum Gasteiger partial charge on any atom is -0.396 e. The van der Waals surface area contributed by atoms with Gasteiger partial charge in [0.05, 0.1) is 4.87 Å². The molecular weight excluding hydrogens is 174 g/mol. The van der Waals surface area contributed by atoms with Crippen LogP contribution in [0.3, 0.4) is 0 Å². The molecule has 3 unspecified atom stereocenters. The van der Waals surface area contributed by atoms with Gasteiger partial charge in [-0.1, -0.05) is 6.42 Å². The summed E-state index contributed by atoms with van der Waals surface area (Å²) in [6.07, 6.45) is 5.96. The molecule has 2 rings (SSSR count). The molecule has 2 saturated carbocycles. The summed E-state index contributed by atoms with van der Waals surface area (Å²) in [4.78, 5) is 0.190. The summed E-state index contributed by atoms with van der Waals surface area (Å²) in [5, 5.41) is 8.65. The molecule has 0 amide bonds. The van der Waals surface area contributed by atoms with E-state index in [1.165, 1.54) is 19.3 Å². The van der Waals surface area contributed by atoms with Crippen LogP contribution in [0.5, 0.6) is 0 Å². The van der Waals surface area contributed by atoms with Gasteiger partial charge in [-0.2, -0.15) is 0 Å². The van der Waals surface area contributed by atoms with Gasteiger partial charge in [-0.15, -0.1) is 11.6 Å². The van der Waals surface area contributed by atoms with Crippen molar-refractivity contribution in [3.8, 4) is 0 Å². The topological polar surface area (TPSA) is 55.2 Å². The summed E-state index contributed by atoms with van der Waals surface area (Å²) in [6.45, 7) is 0.330. The normalized spacial score (nSPS) is 43.5. The maximum Gasteiger partial charge on any atom is 0.0509 e. The van der Waals surface area contributed by atoms with Crippen LogP contribution < -0.4 is 6.15 Å². The fraction of sp³-hybridized carbons (Fsp3) is 1.00. The highest BCUT2D eigenvalue weighted by Crippen LogP contribution is 2.66. The van der Waals surface area contributed by atoms with Crippen LogP contribution in [-0.2, 0) is 0 Å². The van der Waals surface area contributed by atoms with Crippen molar-refractivity contribution >= 4 is 11.6 Å². The standard InChI is InChI=1S/C9H15ClO.H3N/c10-9-5-1-3-7(9)8(9)4-2-6-11;/h7-8,11H,1-6H2;1H3. The Labute approximate surface area is 78.9 Å². The third-order valence-corrected chi connectivity index (χ3v) is 4.11. The van der Waals surface area contributed by atoms with E-state index in [1.54, 1.807) is 0 Å². The van der Waals surface area contributed by atoms with E-state index >= 15 is 0 Å². The van der Waals surface area contributed by atoms with Gasteiger partial charge in [0.25, 0.3) is 0 Å². The third kappa shape index (κ3) is 1.36. The Kier molecular flexibility index (Phi) is 3.02. The zero-order chi connectivity index (χ0) is 7.90. The van der Waals surface area contributed by atoms with Crippen LogP contribution in [0.25, 0.3) is 0 Å². The second kappa shape index (κ2) is 3.52. The molecule has 0 aromatic carbocycles. The number of halogens is 1. The van der Waals surface area contributed by atoms with Crippen molar-refractivity contribution in [1.29, 1.82) is 0 Å². The molecule has 3 atom stereocenters. The smallest absolute Gasteiger partial charge is 0.0509 e. The van der Waals surface area contributed by atoms with Crippen molar-refractivity contribution in [2.75, 3.05) is 6.61 Å². The molecule has 0 aromatic heterocycles. The van der Waals surface area contributed by atoms with Gasteiger partial charge in [0.1, 0.15) is 0 Å². The first-order valence-electron chi connectivity index (χ1n) is 4.59. The molecule has 0 aliphatic heterocycles. The summed E-state index contributed by atoms with van der Waals surface area (Å²) in [6, 6.07) is 0. The highest BCUT2D eigenvalue weighted by Gasteiger charge is 2.64. The summed E-state index contributed by atoms with van der Waals surface area (Å²) in [5.74, 6) is 1.54. The van der Waals surface area contributed by atoms with E-state index < -0.39 is 0 Å². The fourth-order valence-corrected chi connectivity index (χ4v) is 3.32. The minimum absolute atomic E-state index is 0. The lowest BCUT2D eigenvalue weighted by atomic mass is 10.1. The highest BCUT2D eigenvalue weighted by molar-refractivity contribution is 6.26. The maximum absolute atomic E-state index is 8.65. The van der Waals surface area contributed by atoms with Crippen LogP contribution in [0, 0.1) is 11.8 Å². The van der Waals surface area contributed by atoms with Crippen LogP contribution in [0.4, 0.5) is 0 Å². The van der Waals surface area contributed by atoms with Crippen LogP contribution in [-0.4, -0.2) is 16.6 Å². The number of alkyl halides is 1. The van der Waals surface area contributed by atoms with Crippen molar-refractivity contribution in [3.63, 3.8) is 0 Å². The first-order chi connectivity index (χ1) is 5.29. The monoisotopic (exact) mass is 191 g/mol. The second-order valence-corrected chi connectivity index (χ2v) is 4.60. The number of aliphatic hydroxyl groups excluding tert-OH is 1. The predicted octanol–water partition coefficient (Wildman–Crippen LogP) is 2.33. The average Bonchev–Trinajstić information content (AvgIpc) is 2.39. The summed E-state index contributed by atoms with van der Waals surface area (Å²) < 4.78 is 0. The number of rotatable bonds is 3. The first-order valence-corrected chi connectivity index (χ1v) is 4.96. The quantitative estimate of drug-likeness (QED) is 0.673. The van der Waals surface area contributed by atoms with Crippen LogP contribution in [0.2, 0.25) is 0 Å². The predicted molar refractivity (Wildman–Crippen MR) is 50.8 cm³/mol. The second-order valence-electron chi connectivity index (χ2n) is 3.90. The first kappa shape index (κ1) is 10.3. The molecule has 72 valence electrons. The van der Waals surface area contributed by atoms with E-state index in [0.717, 1.165) is 24.7 Å². The Morgan fingerprint density at radius 2 is 2.25 bits per heavy atom. The molecule has 0 heterocycles. The molecule has 2 fully saturated rings.